The molecule has 0 saturated carbocycles. The molecular weight excluding hydrogens is 392 g/mol. The molecule has 0 N–H and O–H groups in total. The van der Waals surface area contributed by atoms with E-state index in [4.69, 9.17) is 25.2 Å². The van der Waals surface area contributed by atoms with Crippen molar-refractivity contribution in [2.24, 2.45) is 0 Å². The molecule has 1 atom stereocenters. The van der Waals surface area contributed by atoms with E-state index in [1.807, 2.05) is 18.2 Å². The van der Waals surface area contributed by atoms with Gasteiger partial charge in [-0.3, -0.25) is 4.79 Å². The second-order valence-corrected chi connectivity index (χ2v) is 7.93. The number of halogens is 1. The van der Waals surface area contributed by atoms with Gasteiger partial charge in [-0.05, 0) is 31.5 Å². The molecule has 7 heteroatoms. The first kappa shape index (κ1) is 18.5. The number of aryl methyl sites for hydroxylation is 1. The number of oxazole rings is 1. The van der Waals surface area contributed by atoms with Crippen LogP contribution in [0.2, 0.25) is 5.02 Å². The molecule has 2 aliphatic rings. The van der Waals surface area contributed by atoms with Crippen molar-refractivity contribution in [2.45, 2.75) is 32.2 Å². The highest BCUT2D eigenvalue weighted by molar-refractivity contribution is 6.33. The second-order valence-electron chi connectivity index (χ2n) is 7.52. The lowest BCUT2D eigenvalue weighted by atomic mass is 10.1. The maximum absolute atomic E-state index is 13.2. The molecule has 150 valence electrons. The van der Waals surface area contributed by atoms with Gasteiger partial charge in [-0.15, -0.1) is 0 Å². The molecule has 4 heterocycles. The maximum Gasteiger partial charge on any atom is 0.257 e. The number of hydrogen-bond donors (Lipinski definition) is 0. The summed E-state index contributed by atoms with van der Waals surface area (Å²) in [5.41, 5.74) is 2.17. The summed E-state index contributed by atoms with van der Waals surface area (Å²) < 4.78 is 17.3. The Morgan fingerprint density at radius 3 is 2.93 bits per heavy atom. The molecule has 0 radical (unpaired) electrons. The average molecular weight is 413 g/mol. The van der Waals surface area contributed by atoms with Gasteiger partial charge in [0.2, 0.25) is 0 Å². The molecule has 1 saturated heterocycles. The molecule has 2 aromatic heterocycles. The highest BCUT2D eigenvalue weighted by Crippen LogP contribution is 2.33. The van der Waals surface area contributed by atoms with E-state index in [0.717, 1.165) is 35.9 Å². The van der Waals surface area contributed by atoms with E-state index in [2.05, 4.69) is 4.98 Å². The normalized spacial score (nSPS) is 18.8. The molecule has 2 aliphatic heterocycles. The average Bonchev–Trinajstić information content (AvgIpc) is 3.46. The monoisotopic (exact) mass is 412 g/mol. The standard InChI is InChI=1S/C22H21ClN2O4/c1-13-16(10-20(28-13)15-4-2-3-5-17(15)23)22(26)25-8-6-19-18(11-25)24-21(29-19)14-7-9-27-12-14/h2-5,10,14H,6-9,11-12H2,1H3. The number of aromatic nitrogens is 1. The van der Waals surface area contributed by atoms with Crippen LogP contribution in [0.3, 0.4) is 0 Å². The highest BCUT2D eigenvalue weighted by Gasteiger charge is 2.31. The highest BCUT2D eigenvalue weighted by atomic mass is 35.5. The van der Waals surface area contributed by atoms with E-state index in [1.165, 1.54) is 0 Å². The van der Waals surface area contributed by atoms with E-state index in [0.29, 0.717) is 48.2 Å². The van der Waals surface area contributed by atoms with Crippen molar-refractivity contribution in [3.8, 4) is 11.3 Å². The SMILES string of the molecule is Cc1oc(-c2ccccc2Cl)cc1C(=O)N1CCc2oc(C3CCOC3)nc2C1. The van der Waals surface area contributed by atoms with Crippen LogP contribution < -0.4 is 0 Å². The fourth-order valence-corrected chi connectivity index (χ4v) is 4.18. The minimum absolute atomic E-state index is 0.0658. The van der Waals surface area contributed by atoms with Crippen LogP contribution in [0.25, 0.3) is 11.3 Å². The maximum atomic E-state index is 13.2. The van der Waals surface area contributed by atoms with Crippen LogP contribution in [0.4, 0.5) is 0 Å². The molecule has 29 heavy (non-hydrogen) atoms. The molecule has 1 aromatic carbocycles. The van der Waals surface area contributed by atoms with Gasteiger partial charge in [0.1, 0.15) is 23.0 Å². The number of furan rings is 1. The summed E-state index contributed by atoms with van der Waals surface area (Å²) in [6.07, 6.45) is 1.59. The third kappa shape index (κ3) is 3.36. The molecule has 1 amide bonds. The van der Waals surface area contributed by atoms with Gasteiger partial charge in [-0.2, -0.15) is 0 Å². The molecule has 1 fully saturated rings. The van der Waals surface area contributed by atoms with Crippen LogP contribution in [0.15, 0.2) is 39.2 Å². The van der Waals surface area contributed by atoms with E-state index in [9.17, 15) is 4.79 Å². The lowest BCUT2D eigenvalue weighted by Gasteiger charge is -2.25. The topological polar surface area (TPSA) is 68.7 Å². The number of carbonyl (C=O) groups is 1. The van der Waals surface area contributed by atoms with Gasteiger partial charge in [-0.1, -0.05) is 23.7 Å². The Bertz CT molecular complexity index is 1060. The number of fused-ring (bicyclic) bond motifs is 1. The molecule has 5 rings (SSSR count). The summed E-state index contributed by atoms with van der Waals surface area (Å²) >= 11 is 6.28. The number of benzene rings is 1. The van der Waals surface area contributed by atoms with Gasteiger partial charge in [-0.25, -0.2) is 4.98 Å². The van der Waals surface area contributed by atoms with Crippen LogP contribution in [0.5, 0.6) is 0 Å². The van der Waals surface area contributed by atoms with E-state index in [1.54, 1.807) is 24.0 Å². The third-order valence-electron chi connectivity index (χ3n) is 5.60. The second kappa shape index (κ2) is 7.35. The number of amides is 1. The van der Waals surface area contributed by atoms with Crippen molar-refractivity contribution in [2.75, 3.05) is 19.8 Å². The summed E-state index contributed by atoms with van der Waals surface area (Å²) in [4.78, 5) is 19.6. The number of ether oxygens (including phenoxy) is 1. The quantitative estimate of drug-likeness (QED) is 0.628. The predicted octanol–water partition coefficient (Wildman–Crippen LogP) is 4.60. The van der Waals surface area contributed by atoms with E-state index in [-0.39, 0.29) is 11.8 Å². The van der Waals surface area contributed by atoms with Gasteiger partial charge in [0.25, 0.3) is 5.91 Å². The van der Waals surface area contributed by atoms with Crippen LogP contribution >= 0.6 is 11.6 Å². The molecule has 0 aliphatic carbocycles. The molecular formula is C22H21ClN2O4. The van der Waals surface area contributed by atoms with Crippen molar-refractivity contribution in [1.82, 2.24) is 9.88 Å². The minimum Gasteiger partial charge on any atom is -0.460 e. The number of nitrogens with zero attached hydrogens (tertiary/aromatic N) is 2. The molecule has 0 spiro atoms. The molecule has 3 aromatic rings. The Balaban J connectivity index is 1.37. The van der Waals surface area contributed by atoms with Crippen LogP contribution in [-0.2, 0) is 17.7 Å². The van der Waals surface area contributed by atoms with E-state index >= 15 is 0 Å². The first-order valence-electron chi connectivity index (χ1n) is 9.81. The van der Waals surface area contributed by atoms with Gasteiger partial charge >= 0.3 is 0 Å². The number of rotatable bonds is 3. The van der Waals surface area contributed by atoms with Crippen LogP contribution in [0, 0.1) is 6.92 Å². The largest absolute Gasteiger partial charge is 0.460 e. The summed E-state index contributed by atoms with van der Waals surface area (Å²) in [5, 5.41) is 0.592. The first-order chi connectivity index (χ1) is 14.1. The Morgan fingerprint density at radius 1 is 1.28 bits per heavy atom. The first-order valence-corrected chi connectivity index (χ1v) is 10.2. The smallest absolute Gasteiger partial charge is 0.257 e. The van der Waals surface area contributed by atoms with Crippen molar-refractivity contribution in [3.05, 3.63) is 64.0 Å². The fraction of sp³-hybridized carbons (Fsp3) is 0.364. The van der Waals surface area contributed by atoms with Gasteiger partial charge in [0, 0.05) is 25.1 Å². The molecule has 0 bridgehead atoms. The minimum atomic E-state index is -0.0658. The Labute approximate surface area is 173 Å². The zero-order chi connectivity index (χ0) is 20.0. The third-order valence-corrected chi connectivity index (χ3v) is 5.93. The van der Waals surface area contributed by atoms with Crippen molar-refractivity contribution < 1.29 is 18.4 Å². The summed E-state index contributed by atoms with van der Waals surface area (Å²) in [5.74, 6) is 2.96. The Hall–Kier alpha value is -2.57. The fourth-order valence-electron chi connectivity index (χ4n) is 3.95. The number of hydrogen-bond acceptors (Lipinski definition) is 5. The van der Waals surface area contributed by atoms with Crippen molar-refractivity contribution >= 4 is 17.5 Å². The van der Waals surface area contributed by atoms with Crippen molar-refractivity contribution in [3.63, 3.8) is 0 Å². The van der Waals surface area contributed by atoms with Gasteiger partial charge in [0.15, 0.2) is 5.89 Å². The molecule has 6 nitrogen and oxygen atoms in total. The zero-order valence-electron chi connectivity index (χ0n) is 16.1. The number of carbonyl (C=O) groups excluding carboxylic acids is 1. The lowest BCUT2D eigenvalue weighted by molar-refractivity contribution is 0.0726. The Kier molecular flexibility index (Phi) is 4.68. The summed E-state index contributed by atoms with van der Waals surface area (Å²) in [7, 11) is 0. The zero-order valence-corrected chi connectivity index (χ0v) is 16.9. The van der Waals surface area contributed by atoms with Gasteiger partial charge < -0.3 is 18.5 Å². The predicted molar refractivity (Wildman–Crippen MR) is 107 cm³/mol. The van der Waals surface area contributed by atoms with Crippen LogP contribution in [-0.4, -0.2) is 35.5 Å². The molecule has 1 unspecified atom stereocenters. The van der Waals surface area contributed by atoms with Crippen LogP contribution in [0.1, 0.15) is 45.8 Å². The lowest BCUT2D eigenvalue weighted by Crippen LogP contribution is -2.35. The summed E-state index contributed by atoms with van der Waals surface area (Å²) in [6, 6.07) is 9.22. The van der Waals surface area contributed by atoms with Gasteiger partial charge in [0.05, 0.1) is 29.7 Å². The van der Waals surface area contributed by atoms with E-state index < -0.39 is 0 Å². The van der Waals surface area contributed by atoms with Crippen molar-refractivity contribution in [1.29, 1.82) is 0 Å². The summed E-state index contributed by atoms with van der Waals surface area (Å²) in [6.45, 7) is 4.24. The Morgan fingerprint density at radius 2 is 2.14 bits per heavy atom.